The lowest BCUT2D eigenvalue weighted by Gasteiger charge is -2.36. The Bertz CT molecular complexity index is 1320. The number of halogens is 3. The van der Waals surface area contributed by atoms with Gasteiger partial charge in [0.15, 0.2) is 11.6 Å². The lowest BCUT2D eigenvalue weighted by Crippen LogP contribution is -2.56. The van der Waals surface area contributed by atoms with Crippen molar-refractivity contribution in [3.05, 3.63) is 69.5 Å². The Morgan fingerprint density at radius 2 is 1.88 bits per heavy atom. The largest absolute Gasteiger partial charge is 0.466 e. The number of hydrogen-bond acceptors (Lipinski definition) is 8. The van der Waals surface area contributed by atoms with Gasteiger partial charge in [0, 0.05) is 39.3 Å². The zero-order valence-electron chi connectivity index (χ0n) is 22.6. The third kappa shape index (κ3) is 7.18. The number of amides is 4. The van der Waals surface area contributed by atoms with Crippen LogP contribution in [0, 0.1) is 11.6 Å². The van der Waals surface area contributed by atoms with Crippen LogP contribution >= 0.6 is 15.9 Å². The number of carbonyl (C=O) groups is 3. The molecular formula is C27H31BrF2N6O5. The number of nitrogens with zero attached hydrogens (tertiary/aromatic N) is 3. The van der Waals surface area contributed by atoms with Crippen molar-refractivity contribution in [2.75, 3.05) is 51.9 Å². The maximum absolute atomic E-state index is 14.2. The van der Waals surface area contributed by atoms with Crippen LogP contribution in [-0.2, 0) is 14.3 Å². The summed E-state index contributed by atoms with van der Waals surface area (Å²) in [6.07, 6.45) is 1.76. The number of nitrogens with one attached hydrogen (secondary N) is 3. The van der Waals surface area contributed by atoms with Crippen molar-refractivity contribution in [3.63, 3.8) is 0 Å². The Hall–Kier alpha value is -3.62. The molecule has 1 aromatic heterocycles. The number of ether oxygens (including phenoxy) is 2. The smallest absolute Gasteiger partial charge is 0.338 e. The number of benzene rings is 1. The minimum absolute atomic E-state index is 0.00715. The zero-order chi connectivity index (χ0) is 29.5. The molecular weight excluding hydrogens is 606 g/mol. The molecule has 0 saturated carbocycles. The van der Waals surface area contributed by atoms with Gasteiger partial charge in [-0.3, -0.25) is 0 Å². The van der Waals surface area contributed by atoms with E-state index in [1.54, 1.807) is 0 Å². The summed E-state index contributed by atoms with van der Waals surface area (Å²) < 4.78 is 38.7. The van der Waals surface area contributed by atoms with Gasteiger partial charge < -0.3 is 30.3 Å². The van der Waals surface area contributed by atoms with Crippen LogP contribution in [-0.4, -0.2) is 81.0 Å². The van der Waals surface area contributed by atoms with Gasteiger partial charge in [-0.25, -0.2) is 33.0 Å². The fourth-order valence-electron chi connectivity index (χ4n) is 4.90. The first-order valence-electron chi connectivity index (χ1n) is 13.0. The second kappa shape index (κ2) is 13.8. The van der Waals surface area contributed by atoms with Gasteiger partial charge in [0.05, 0.1) is 25.0 Å². The first kappa shape index (κ1) is 30.3. The molecule has 11 nitrogen and oxygen atoms in total. The maximum atomic E-state index is 14.2. The second-order valence-electron chi connectivity index (χ2n) is 9.46. The predicted molar refractivity (Wildman–Crippen MR) is 149 cm³/mol. The number of aromatic nitrogens is 1. The normalized spacial score (nSPS) is 17.9. The standard InChI is InChI=1S/C27H31BrF2N6O5/c1-40-15-20-23(25(37)41-2)24(16-6-7-18(29)19(30)14-16)36(27(39)33-20)26(38)32-11-10-31-17-8-12-35(13-9-17)22-5-3-4-21(28)34-22/h3-7,14,17,24,31H,8-13,15H2,1-2H3,(H,32,38)(H,33,39). The number of rotatable bonds is 9. The van der Waals surface area contributed by atoms with E-state index in [-0.39, 0.29) is 36.0 Å². The second-order valence-corrected chi connectivity index (χ2v) is 10.3. The van der Waals surface area contributed by atoms with E-state index in [4.69, 9.17) is 9.47 Å². The van der Waals surface area contributed by atoms with E-state index >= 15 is 0 Å². The number of urea groups is 2. The molecule has 1 fully saturated rings. The summed E-state index contributed by atoms with van der Waals surface area (Å²) in [6, 6.07) is 5.85. The maximum Gasteiger partial charge on any atom is 0.338 e. The van der Waals surface area contributed by atoms with E-state index < -0.39 is 35.7 Å². The van der Waals surface area contributed by atoms with Gasteiger partial charge in [0.2, 0.25) is 0 Å². The van der Waals surface area contributed by atoms with Crippen molar-refractivity contribution >= 4 is 39.8 Å². The summed E-state index contributed by atoms with van der Waals surface area (Å²) in [7, 11) is 2.49. The van der Waals surface area contributed by atoms with Gasteiger partial charge in [-0.1, -0.05) is 12.1 Å². The molecule has 1 unspecified atom stereocenters. The van der Waals surface area contributed by atoms with Gasteiger partial charge in [-0.05, 0) is 58.6 Å². The lowest BCUT2D eigenvalue weighted by atomic mass is 9.93. The molecule has 0 bridgehead atoms. The molecule has 0 radical (unpaired) electrons. The molecule has 1 aromatic carbocycles. The Morgan fingerprint density at radius 3 is 2.54 bits per heavy atom. The minimum atomic E-state index is -1.39. The van der Waals surface area contributed by atoms with Gasteiger partial charge in [-0.2, -0.15) is 0 Å². The quantitative estimate of drug-likeness (QED) is 0.218. The molecule has 2 aliphatic rings. The molecule has 4 amide bonds. The molecule has 1 atom stereocenters. The van der Waals surface area contributed by atoms with Gasteiger partial charge >= 0.3 is 18.0 Å². The lowest BCUT2D eigenvalue weighted by molar-refractivity contribution is -0.137. The number of pyridine rings is 1. The zero-order valence-corrected chi connectivity index (χ0v) is 24.2. The molecule has 2 aromatic rings. The molecule has 4 rings (SSSR count). The van der Waals surface area contributed by atoms with E-state index in [0.29, 0.717) is 6.54 Å². The topological polar surface area (TPSA) is 125 Å². The van der Waals surface area contributed by atoms with Crippen LogP contribution in [0.15, 0.2) is 52.3 Å². The van der Waals surface area contributed by atoms with Gasteiger partial charge in [0.1, 0.15) is 16.5 Å². The monoisotopic (exact) mass is 636 g/mol. The van der Waals surface area contributed by atoms with Crippen LogP contribution in [0.4, 0.5) is 24.2 Å². The fourth-order valence-corrected chi connectivity index (χ4v) is 5.23. The summed E-state index contributed by atoms with van der Waals surface area (Å²) >= 11 is 3.40. The molecule has 3 N–H and O–H groups in total. The highest BCUT2D eigenvalue weighted by atomic mass is 79.9. The van der Waals surface area contributed by atoms with Crippen LogP contribution in [0.3, 0.4) is 0 Å². The number of piperidine rings is 1. The number of carbonyl (C=O) groups excluding carboxylic acids is 3. The molecule has 1 saturated heterocycles. The third-order valence-corrected chi connectivity index (χ3v) is 7.30. The van der Waals surface area contributed by atoms with Crippen LogP contribution < -0.4 is 20.9 Å². The average Bonchev–Trinajstić information content (AvgIpc) is 2.96. The van der Waals surface area contributed by atoms with Gasteiger partial charge in [-0.15, -0.1) is 0 Å². The number of anilines is 1. The highest BCUT2D eigenvalue weighted by Gasteiger charge is 2.43. The van der Waals surface area contributed by atoms with Crippen molar-refractivity contribution in [1.82, 2.24) is 25.8 Å². The average molecular weight is 637 g/mol. The Kier molecular flexibility index (Phi) is 10.2. The molecule has 3 heterocycles. The van der Waals surface area contributed by atoms with Crippen molar-refractivity contribution in [2.24, 2.45) is 0 Å². The van der Waals surface area contributed by atoms with E-state index in [1.165, 1.54) is 13.2 Å². The molecule has 2 aliphatic heterocycles. The van der Waals surface area contributed by atoms with Crippen LogP contribution in [0.5, 0.6) is 0 Å². The summed E-state index contributed by atoms with van der Waals surface area (Å²) in [5.74, 6) is -2.27. The van der Waals surface area contributed by atoms with E-state index in [9.17, 15) is 23.2 Å². The van der Waals surface area contributed by atoms with Gasteiger partial charge in [0.25, 0.3) is 0 Å². The molecule has 14 heteroatoms. The van der Waals surface area contributed by atoms with Crippen molar-refractivity contribution in [1.29, 1.82) is 0 Å². The van der Waals surface area contributed by atoms with Crippen LogP contribution in [0.2, 0.25) is 0 Å². The summed E-state index contributed by atoms with van der Waals surface area (Å²) in [4.78, 5) is 46.6. The van der Waals surface area contributed by atoms with Crippen LogP contribution in [0.1, 0.15) is 24.4 Å². The summed E-state index contributed by atoms with van der Waals surface area (Å²) in [5.41, 5.74) is -0.0816. The fraction of sp³-hybridized carbons (Fsp3) is 0.407. The molecule has 41 heavy (non-hydrogen) atoms. The third-order valence-electron chi connectivity index (χ3n) is 6.86. The number of hydrogen-bond donors (Lipinski definition) is 3. The van der Waals surface area contributed by atoms with Crippen molar-refractivity contribution in [3.8, 4) is 0 Å². The molecule has 220 valence electrons. The minimum Gasteiger partial charge on any atom is -0.466 e. The summed E-state index contributed by atoms with van der Waals surface area (Å²) in [6.45, 7) is 2.05. The highest BCUT2D eigenvalue weighted by molar-refractivity contribution is 9.10. The number of imide groups is 1. The first-order chi connectivity index (χ1) is 19.7. The summed E-state index contributed by atoms with van der Waals surface area (Å²) in [5, 5.41) is 8.57. The number of esters is 1. The van der Waals surface area contributed by atoms with Crippen LogP contribution in [0.25, 0.3) is 0 Å². The Balaban J connectivity index is 1.42. The Morgan fingerprint density at radius 1 is 1.12 bits per heavy atom. The Labute approximate surface area is 244 Å². The van der Waals surface area contributed by atoms with Crippen molar-refractivity contribution < 1.29 is 32.6 Å². The predicted octanol–water partition coefficient (Wildman–Crippen LogP) is 3.23. The van der Waals surface area contributed by atoms with E-state index in [2.05, 4.69) is 41.8 Å². The highest BCUT2D eigenvalue weighted by Crippen LogP contribution is 2.35. The first-order valence-corrected chi connectivity index (χ1v) is 13.8. The van der Waals surface area contributed by atoms with E-state index in [1.807, 2.05) is 18.2 Å². The number of methoxy groups -OCH3 is 2. The molecule has 0 aliphatic carbocycles. The van der Waals surface area contributed by atoms with E-state index in [0.717, 1.165) is 60.5 Å². The van der Waals surface area contributed by atoms with Crippen molar-refractivity contribution in [2.45, 2.75) is 24.9 Å². The molecule has 0 spiro atoms. The SMILES string of the molecule is COCC1=C(C(=O)OC)C(c2ccc(F)c(F)c2)N(C(=O)NCCNC2CCN(c3cccc(Br)n3)CC2)C(=O)N1.